The van der Waals surface area contributed by atoms with Gasteiger partial charge in [-0.25, -0.2) is 9.37 Å². The van der Waals surface area contributed by atoms with E-state index in [4.69, 9.17) is 0 Å². The summed E-state index contributed by atoms with van der Waals surface area (Å²) in [5.74, 6) is -2.77. The van der Waals surface area contributed by atoms with Crippen molar-refractivity contribution in [3.8, 4) is 0 Å². The van der Waals surface area contributed by atoms with Crippen LogP contribution in [-0.4, -0.2) is 21.4 Å². The number of nitrogens with one attached hydrogen (secondary N) is 1. The Balaban J connectivity index is 1.83. The fraction of sp³-hybridized carbons (Fsp3) is 0.375. The van der Waals surface area contributed by atoms with Gasteiger partial charge in [0.15, 0.2) is 0 Å². The van der Waals surface area contributed by atoms with E-state index < -0.39 is 35.1 Å². The zero-order valence-corrected chi connectivity index (χ0v) is 13.5. The van der Waals surface area contributed by atoms with Gasteiger partial charge in [0.1, 0.15) is 5.82 Å². The molecule has 2 aromatic rings. The van der Waals surface area contributed by atoms with Crippen LogP contribution in [0.3, 0.4) is 0 Å². The SMILES string of the molecule is O=c1[nH]c(C(F)(F)F)nc2c1CN(Cc1ccc(F)c(C(F)(F)F)c1)CC2. The van der Waals surface area contributed by atoms with Crippen molar-refractivity contribution in [2.75, 3.05) is 6.54 Å². The van der Waals surface area contributed by atoms with E-state index in [1.165, 1.54) is 6.07 Å². The molecule has 1 aliphatic rings. The summed E-state index contributed by atoms with van der Waals surface area (Å²) in [5, 5.41) is 0. The molecule has 11 heteroatoms. The first kappa shape index (κ1) is 19.3. The van der Waals surface area contributed by atoms with Crippen molar-refractivity contribution in [1.29, 1.82) is 0 Å². The second-order valence-corrected chi connectivity index (χ2v) is 6.11. The largest absolute Gasteiger partial charge is 0.449 e. The van der Waals surface area contributed by atoms with Crippen molar-refractivity contribution < 1.29 is 30.7 Å². The van der Waals surface area contributed by atoms with E-state index in [2.05, 4.69) is 4.98 Å². The van der Waals surface area contributed by atoms with Gasteiger partial charge < -0.3 is 4.98 Å². The summed E-state index contributed by atoms with van der Waals surface area (Å²) in [6, 6.07) is 2.58. The van der Waals surface area contributed by atoms with Crippen molar-refractivity contribution in [3.05, 3.63) is 62.6 Å². The minimum atomic E-state index is -4.84. The molecule has 0 bridgehead atoms. The van der Waals surface area contributed by atoms with E-state index in [1.54, 1.807) is 9.88 Å². The van der Waals surface area contributed by atoms with Gasteiger partial charge in [-0.2, -0.15) is 26.3 Å². The molecule has 27 heavy (non-hydrogen) atoms. The summed E-state index contributed by atoms with van der Waals surface area (Å²) >= 11 is 0. The average Bonchev–Trinajstić information content (AvgIpc) is 2.55. The normalized spacial score (nSPS) is 15.7. The van der Waals surface area contributed by atoms with Gasteiger partial charge in [0.25, 0.3) is 5.56 Å². The Morgan fingerprint density at radius 3 is 2.44 bits per heavy atom. The zero-order chi connectivity index (χ0) is 20.0. The number of fused-ring (bicyclic) bond motifs is 1. The Morgan fingerprint density at radius 1 is 1.11 bits per heavy atom. The second kappa shape index (κ2) is 6.63. The van der Waals surface area contributed by atoms with E-state index >= 15 is 0 Å². The van der Waals surface area contributed by atoms with Crippen LogP contribution < -0.4 is 5.56 Å². The highest BCUT2D eigenvalue weighted by Gasteiger charge is 2.36. The maximum Gasteiger partial charge on any atom is 0.449 e. The molecular formula is C16H12F7N3O. The van der Waals surface area contributed by atoms with Gasteiger partial charge in [-0.15, -0.1) is 0 Å². The molecule has 1 aliphatic heterocycles. The maximum atomic E-state index is 13.3. The summed E-state index contributed by atoms with van der Waals surface area (Å²) in [4.78, 5) is 18.6. The molecule has 1 aromatic carbocycles. The molecule has 0 amide bonds. The number of hydrogen-bond donors (Lipinski definition) is 1. The average molecular weight is 395 g/mol. The first-order chi connectivity index (χ1) is 12.4. The van der Waals surface area contributed by atoms with Crippen LogP contribution in [0, 0.1) is 5.82 Å². The lowest BCUT2D eigenvalue weighted by Gasteiger charge is -2.28. The number of benzene rings is 1. The molecule has 1 aromatic heterocycles. The van der Waals surface area contributed by atoms with Crippen molar-refractivity contribution in [2.24, 2.45) is 0 Å². The predicted octanol–water partition coefficient (Wildman–Crippen LogP) is 3.50. The van der Waals surface area contributed by atoms with Crippen LogP contribution in [-0.2, 0) is 31.9 Å². The number of aromatic amines is 1. The molecule has 0 aliphatic carbocycles. The summed E-state index contributed by atoms with van der Waals surface area (Å²) in [5.41, 5.74) is -2.12. The third kappa shape index (κ3) is 4.12. The fourth-order valence-electron chi connectivity index (χ4n) is 2.90. The van der Waals surface area contributed by atoms with Gasteiger partial charge >= 0.3 is 12.4 Å². The molecule has 0 spiro atoms. The third-order valence-electron chi connectivity index (χ3n) is 4.16. The van der Waals surface area contributed by atoms with Gasteiger partial charge in [-0.1, -0.05) is 6.07 Å². The molecule has 0 fully saturated rings. The highest BCUT2D eigenvalue weighted by atomic mass is 19.4. The molecule has 1 N–H and O–H groups in total. The molecule has 2 heterocycles. The molecular weight excluding hydrogens is 383 g/mol. The minimum Gasteiger partial charge on any atom is -0.303 e. The van der Waals surface area contributed by atoms with Crippen LogP contribution in [0.15, 0.2) is 23.0 Å². The maximum absolute atomic E-state index is 13.3. The lowest BCUT2D eigenvalue weighted by Crippen LogP contribution is -2.36. The third-order valence-corrected chi connectivity index (χ3v) is 4.16. The highest BCUT2D eigenvalue weighted by Crippen LogP contribution is 2.32. The van der Waals surface area contributed by atoms with Crippen molar-refractivity contribution in [3.63, 3.8) is 0 Å². The molecule has 0 unspecified atom stereocenters. The number of nitrogens with zero attached hydrogens (tertiary/aromatic N) is 2. The van der Waals surface area contributed by atoms with Crippen molar-refractivity contribution in [1.82, 2.24) is 14.9 Å². The number of aromatic nitrogens is 2. The number of rotatable bonds is 2. The standard InChI is InChI=1S/C16H12F7N3O/c17-11-2-1-8(5-10(11)15(18,19)20)6-26-4-3-12-9(7-26)13(27)25-14(24-12)16(21,22)23/h1-2,5H,3-4,6-7H2,(H,24,25,27). The first-order valence-corrected chi connectivity index (χ1v) is 7.72. The van der Waals surface area contributed by atoms with Gasteiger partial charge in [-0.05, 0) is 17.7 Å². The number of H-pyrrole nitrogens is 1. The number of hydrogen-bond acceptors (Lipinski definition) is 3. The molecule has 0 saturated carbocycles. The van der Waals surface area contributed by atoms with Gasteiger partial charge in [0.05, 0.1) is 16.8 Å². The lowest BCUT2D eigenvalue weighted by molar-refractivity contribution is -0.145. The zero-order valence-electron chi connectivity index (χ0n) is 13.5. The minimum absolute atomic E-state index is 0.0115. The first-order valence-electron chi connectivity index (χ1n) is 7.72. The molecule has 4 nitrogen and oxygen atoms in total. The Kier molecular flexibility index (Phi) is 4.74. The van der Waals surface area contributed by atoms with Crippen LogP contribution in [0.5, 0.6) is 0 Å². The Bertz CT molecular complexity index is 918. The molecule has 0 atom stereocenters. The Hall–Kier alpha value is -2.43. The second-order valence-electron chi connectivity index (χ2n) is 6.11. The number of halogens is 7. The van der Waals surface area contributed by atoms with Gasteiger partial charge in [-0.3, -0.25) is 9.69 Å². The Labute approximate surface area is 147 Å². The van der Waals surface area contributed by atoms with Crippen LogP contribution in [0.1, 0.15) is 28.2 Å². The smallest absolute Gasteiger partial charge is 0.303 e. The van der Waals surface area contributed by atoms with E-state index in [0.29, 0.717) is 12.1 Å². The summed E-state index contributed by atoms with van der Waals surface area (Å²) in [6.45, 7) is 0.0945. The molecule has 146 valence electrons. The monoisotopic (exact) mass is 395 g/mol. The summed E-state index contributed by atoms with van der Waals surface area (Å²) in [6.07, 6.45) is -9.59. The predicted molar refractivity (Wildman–Crippen MR) is 79.1 cm³/mol. The van der Waals surface area contributed by atoms with E-state index in [0.717, 1.165) is 0 Å². The van der Waals surface area contributed by atoms with Crippen LogP contribution in [0.25, 0.3) is 0 Å². The van der Waals surface area contributed by atoms with Crippen LogP contribution in [0.2, 0.25) is 0 Å². The van der Waals surface area contributed by atoms with E-state index in [1.807, 2.05) is 0 Å². The van der Waals surface area contributed by atoms with Gasteiger partial charge in [0.2, 0.25) is 5.82 Å². The van der Waals surface area contributed by atoms with Gasteiger partial charge in [0, 0.05) is 26.1 Å². The van der Waals surface area contributed by atoms with E-state index in [-0.39, 0.29) is 42.9 Å². The molecule has 3 rings (SSSR count). The topological polar surface area (TPSA) is 49.0 Å². The van der Waals surface area contributed by atoms with Crippen LogP contribution >= 0.6 is 0 Å². The highest BCUT2D eigenvalue weighted by molar-refractivity contribution is 5.28. The number of alkyl halides is 6. The fourth-order valence-corrected chi connectivity index (χ4v) is 2.90. The van der Waals surface area contributed by atoms with Crippen molar-refractivity contribution in [2.45, 2.75) is 31.9 Å². The Morgan fingerprint density at radius 2 is 1.81 bits per heavy atom. The summed E-state index contributed by atoms with van der Waals surface area (Å²) < 4.78 is 89.8. The van der Waals surface area contributed by atoms with E-state index in [9.17, 15) is 35.5 Å². The van der Waals surface area contributed by atoms with Crippen molar-refractivity contribution >= 4 is 0 Å². The summed E-state index contributed by atoms with van der Waals surface area (Å²) in [7, 11) is 0. The molecule has 0 radical (unpaired) electrons. The van der Waals surface area contributed by atoms with Crippen LogP contribution in [0.4, 0.5) is 30.7 Å². The quantitative estimate of drug-likeness (QED) is 0.792. The molecule has 0 saturated heterocycles. The lowest BCUT2D eigenvalue weighted by atomic mass is 10.0.